The molecule has 1 aliphatic rings. The number of piperidine rings is 1. The maximum Gasteiger partial charge on any atom is 0.407 e. The fourth-order valence-corrected chi connectivity index (χ4v) is 2.37. The molecule has 1 fully saturated rings. The quantitative estimate of drug-likeness (QED) is 0.830. The predicted molar refractivity (Wildman–Crippen MR) is 71.7 cm³/mol. The van der Waals surface area contributed by atoms with Crippen LogP contribution in [0.15, 0.2) is 42.5 Å². The third kappa shape index (κ3) is 3.36. The van der Waals surface area contributed by atoms with E-state index in [1.54, 1.807) is 4.90 Å². The van der Waals surface area contributed by atoms with Gasteiger partial charge in [0, 0.05) is 6.54 Å². The zero-order chi connectivity index (χ0) is 12.8. The summed E-state index contributed by atoms with van der Waals surface area (Å²) in [5.74, 6) is 0. The normalized spacial score (nSPS) is 20.2. The minimum Gasteiger partial charge on any atom is -0.465 e. The van der Waals surface area contributed by atoms with Gasteiger partial charge in [-0.3, -0.25) is 0 Å². The van der Waals surface area contributed by atoms with Gasteiger partial charge in [-0.05, 0) is 31.2 Å². The van der Waals surface area contributed by atoms with E-state index in [-0.39, 0.29) is 6.04 Å². The minimum absolute atomic E-state index is 0.0555. The zero-order valence-electron chi connectivity index (χ0n) is 10.5. The van der Waals surface area contributed by atoms with E-state index in [1.165, 1.54) is 5.56 Å². The molecule has 0 spiro atoms. The second kappa shape index (κ2) is 6.24. The molecule has 96 valence electrons. The highest BCUT2D eigenvalue weighted by Gasteiger charge is 2.23. The first kappa shape index (κ1) is 12.7. The summed E-state index contributed by atoms with van der Waals surface area (Å²) in [6, 6.07) is 10.3. The van der Waals surface area contributed by atoms with E-state index in [0.29, 0.717) is 6.54 Å². The van der Waals surface area contributed by atoms with Crippen molar-refractivity contribution in [3.05, 3.63) is 48.0 Å². The maximum absolute atomic E-state index is 11.1. The van der Waals surface area contributed by atoms with Gasteiger partial charge in [0.25, 0.3) is 0 Å². The van der Waals surface area contributed by atoms with E-state index < -0.39 is 6.09 Å². The van der Waals surface area contributed by atoms with Gasteiger partial charge in [0.2, 0.25) is 0 Å². The Balaban J connectivity index is 1.93. The van der Waals surface area contributed by atoms with Crippen LogP contribution in [-0.4, -0.2) is 28.7 Å². The predicted octanol–water partition coefficient (Wildman–Crippen LogP) is 3.32. The number of carbonyl (C=O) groups is 1. The molecule has 0 aromatic heterocycles. The van der Waals surface area contributed by atoms with Crippen molar-refractivity contribution in [2.45, 2.75) is 31.7 Å². The molecule has 1 heterocycles. The van der Waals surface area contributed by atoms with E-state index in [4.69, 9.17) is 5.11 Å². The molecule has 1 amide bonds. The lowest BCUT2D eigenvalue weighted by Gasteiger charge is -2.31. The molecular weight excluding hydrogens is 226 g/mol. The summed E-state index contributed by atoms with van der Waals surface area (Å²) in [5, 5.41) is 9.12. The van der Waals surface area contributed by atoms with Gasteiger partial charge in [0.15, 0.2) is 0 Å². The Morgan fingerprint density at radius 2 is 2.11 bits per heavy atom. The average Bonchev–Trinajstić information content (AvgIpc) is 2.40. The molecule has 2 rings (SSSR count). The zero-order valence-corrected chi connectivity index (χ0v) is 10.5. The van der Waals surface area contributed by atoms with Gasteiger partial charge < -0.3 is 10.0 Å². The Morgan fingerprint density at radius 3 is 2.83 bits per heavy atom. The van der Waals surface area contributed by atoms with Crippen LogP contribution < -0.4 is 0 Å². The highest BCUT2D eigenvalue weighted by Crippen LogP contribution is 2.18. The minimum atomic E-state index is -0.802. The van der Waals surface area contributed by atoms with Crippen LogP contribution in [0.2, 0.25) is 0 Å². The number of rotatable bonds is 3. The number of nitrogens with zero attached hydrogens (tertiary/aromatic N) is 1. The highest BCUT2D eigenvalue weighted by molar-refractivity contribution is 5.65. The lowest BCUT2D eigenvalue weighted by Crippen LogP contribution is -2.41. The van der Waals surface area contributed by atoms with Crippen molar-refractivity contribution in [1.82, 2.24) is 4.90 Å². The molecule has 1 N–H and O–H groups in total. The van der Waals surface area contributed by atoms with Crippen molar-refractivity contribution in [2.24, 2.45) is 0 Å². The van der Waals surface area contributed by atoms with Crippen molar-refractivity contribution in [3.8, 4) is 0 Å². The van der Waals surface area contributed by atoms with Crippen molar-refractivity contribution < 1.29 is 9.90 Å². The number of benzene rings is 1. The van der Waals surface area contributed by atoms with E-state index >= 15 is 0 Å². The molecule has 0 saturated carbocycles. The molecular formula is C15H19NO2. The van der Waals surface area contributed by atoms with Crippen molar-refractivity contribution >= 4 is 6.09 Å². The SMILES string of the molecule is O=C(O)N1CCCCC1C=CCc1ccccc1. The maximum atomic E-state index is 11.1. The topological polar surface area (TPSA) is 40.5 Å². The van der Waals surface area contributed by atoms with Gasteiger partial charge in [0.05, 0.1) is 6.04 Å². The third-order valence-electron chi connectivity index (χ3n) is 3.35. The molecule has 0 radical (unpaired) electrons. The van der Waals surface area contributed by atoms with Crippen LogP contribution in [0.5, 0.6) is 0 Å². The summed E-state index contributed by atoms with van der Waals surface area (Å²) in [4.78, 5) is 12.6. The van der Waals surface area contributed by atoms with Crippen LogP contribution in [0.3, 0.4) is 0 Å². The monoisotopic (exact) mass is 245 g/mol. The van der Waals surface area contributed by atoms with Crippen molar-refractivity contribution in [1.29, 1.82) is 0 Å². The van der Waals surface area contributed by atoms with Gasteiger partial charge >= 0.3 is 6.09 Å². The number of allylic oxidation sites excluding steroid dienone is 1. The largest absolute Gasteiger partial charge is 0.465 e. The van der Waals surface area contributed by atoms with Gasteiger partial charge in [-0.25, -0.2) is 4.79 Å². The molecule has 1 aromatic rings. The molecule has 3 heteroatoms. The smallest absolute Gasteiger partial charge is 0.407 e. The fourth-order valence-electron chi connectivity index (χ4n) is 2.37. The van der Waals surface area contributed by atoms with Gasteiger partial charge in [-0.2, -0.15) is 0 Å². The second-order valence-corrected chi connectivity index (χ2v) is 4.66. The number of hydrogen-bond donors (Lipinski definition) is 1. The van der Waals surface area contributed by atoms with Crippen LogP contribution >= 0.6 is 0 Å². The molecule has 1 atom stereocenters. The molecule has 1 aliphatic heterocycles. The van der Waals surface area contributed by atoms with E-state index in [9.17, 15) is 4.79 Å². The van der Waals surface area contributed by atoms with Gasteiger partial charge in [-0.15, -0.1) is 0 Å². The third-order valence-corrected chi connectivity index (χ3v) is 3.35. The summed E-state index contributed by atoms with van der Waals surface area (Å²) in [6.07, 6.45) is 7.23. The van der Waals surface area contributed by atoms with Crippen molar-refractivity contribution in [2.75, 3.05) is 6.54 Å². The van der Waals surface area contributed by atoms with E-state index in [0.717, 1.165) is 25.7 Å². The molecule has 0 aliphatic carbocycles. The Kier molecular flexibility index (Phi) is 4.40. The standard InChI is InChI=1S/C15H19NO2/c17-15(18)16-12-5-4-10-14(16)11-6-9-13-7-2-1-3-8-13/h1-3,6-8,11,14H,4-5,9-10,12H2,(H,17,18). The number of likely N-dealkylation sites (tertiary alicyclic amines) is 1. The Bertz CT molecular complexity index is 414. The summed E-state index contributed by atoms with van der Waals surface area (Å²) in [7, 11) is 0. The fraction of sp³-hybridized carbons (Fsp3) is 0.400. The lowest BCUT2D eigenvalue weighted by atomic mass is 10.0. The molecule has 1 saturated heterocycles. The van der Waals surface area contributed by atoms with Gasteiger partial charge in [0.1, 0.15) is 0 Å². The Hall–Kier alpha value is -1.77. The molecule has 1 unspecified atom stereocenters. The van der Waals surface area contributed by atoms with E-state index in [1.807, 2.05) is 24.3 Å². The Labute approximate surface area is 108 Å². The highest BCUT2D eigenvalue weighted by atomic mass is 16.4. The molecule has 0 bridgehead atoms. The molecule has 18 heavy (non-hydrogen) atoms. The number of carboxylic acid groups (broad SMARTS) is 1. The van der Waals surface area contributed by atoms with E-state index in [2.05, 4.69) is 18.2 Å². The summed E-state index contributed by atoms with van der Waals surface area (Å²) >= 11 is 0. The first-order valence-corrected chi connectivity index (χ1v) is 6.47. The van der Waals surface area contributed by atoms with Crippen LogP contribution in [0.25, 0.3) is 0 Å². The summed E-state index contributed by atoms with van der Waals surface area (Å²) in [5.41, 5.74) is 1.26. The van der Waals surface area contributed by atoms with Crippen LogP contribution in [0, 0.1) is 0 Å². The molecule has 3 nitrogen and oxygen atoms in total. The second-order valence-electron chi connectivity index (χ2n) is 4.66. The Morgan fingerprint density at radius 1 is 1.33 bits per heavy atom. The van der Waals surface area contributed by atoms with Crippen molar-refractivity contribution in [3.63, 3.8) is 0 Å². The summed E-state index contributed by atoms with van der Waals surface area (Å²) < 4.78 is 0. The molecule has 1 aromatic carbocycles. The van der Waals surface area contributed by atoms with Crippen LogP contribution in [0.1, 0.15) is 24.8 Å². The van der Waals surface area contributed by atoms with Crippen LogP contribution in [-0.2, 0) is 6.42 Å². The van der Waals surface area contributed by atoms with Gasteiger partial charge in [-0.1, -0.05) is 42.5 Å². The lowest BCUT2D eigenvalue weighted by molar-refractivity contribution is 0.119. The summed E-state index contributed by atoms with van der Waals surface area (Å²) in [6.45, 7) is 0.662. The first-order chi connectivity index (χ1) is 8.77. The average molecular weight is 245 g/mol. The number of amides is 1. The first-order valence-electron chi connectivity index (χ1n) is 6.47. The van der Waals surface area contributed by atoms with Crippen LogP contribution in [0.4, 0.5) is 4.79 Å². The number of hydrogen-bond acceptors (Lipinski definition) is 1.